The number of nitrogens with one attached hydrogen (secondary N) is 2. The summed E-state index contributed by atoms with van der Waals surface area (Å²) in [5.74, 6) is 0.670. The molecule has 5 nitrogen and oxygen atoms in total. The minimum Gasteiger partial charge on any atom is -0.378 e. The van der Waals surface area contributed by atoms with Gasteiger partial charge in [0, 0.05) is 35.7 Å². The molecule has 4 atom stereocenters. The molecular weight excluding hydrogens is 300 g/mol. The highest BCUT2D eigenvalue weighted by atomic mass is 32.2. The van der Waals surface area contributed by atoms with Gasteiger partial charge in [-0.1, -0.05) is 19.8 Å². The molecular formula is C16H30N2O3S. The Hall–Kier alpha value is -0.620. The van der Waals surface area contributed by atoms with Crippen molar-refractivity contribution in [1.82, 2.24) is 10.6 Å². The lowest BCUT2D eigenvalue weighted by atomic mass is 9.95. The first-order valence-corrected chi connectivity index (χ1v) is 10.1. The first-order chi connectivity index (χ1) is 10.7. The second-order valence-electron chi connectivity index (χ2n) is 6.28. The van der Waals surface area contributed by atoms with E-state index < -0.39 is 10.8 Å². The minimum absolute atomic E-state index is 0.0560. The highest BCUT2D eigenvalue weighted by molar-refractivity contribution is 7.85. The normalized spacial score (nSPS) is 30.5. The molecule has 0 unspecified atom stereocenters. The van der Waals surface area contributed by atoms with Crippen LogP contribution in [0.5, 0.6) is 0 Å². The van der Waals surface area contributed by atoms with E-state index in [1.165, 1.54) is 6.42 Å². The van der Waals surface area contributed by atoms with Crippen molar-refractivity contribution in [3.05, 3.63) is 0 Å². The Morgan fingerprint density at radius 1 is 1.18 bits per heavy atom. The van der Waals surface area contributed by atoms with Gasteiger partial charge >= 0.3 is 6.03 Å². The van der Waals surface area contributed by atoms with Gasteiger partial charge < -0.3 is 15.4 Å². The fourth-order valence-electron chi connectivity index (χ4n) is 3.39. The molecule has 0 spiro atoms. The first kappa shape index (κ1) is 17.7. The summed E-state index contributed by atoms with van der Waals surface area (Å²) in [5, 5.41) is 6.08. The number of hydrogen-bond acceptors (Lipinski definition) is 3. The topological polar surface area (TPSA) is 67.4 Å². The molecule has 2 rings (SSSR count). The van der Waals surface area contributed by atoms with Gasteiger partial charge in [0.25, 0.3) is 0 Å². The highest BCUT2D eigenvalue weighted by Gasteiger charge is 2.30. The third-order valence-corrected chi connectivity index (χ3v) is 6.48. The standard InChI is InChI=1S/C16H30N2O3S/c1-2-22(20)15-9-4-3-8-14(15)18-16(19)17-11-10-13-7-5-6-12-21-13/h13-15H,2-12H2,1H3,(H2,17,18,19)/t13-,14+,15+,22-/m0/s1. The average molecular weight is 330 g/mol. The SMILES string of the molecule is CC[S@](=O)[C@@H]1CCCC[C@H]1NC(=O)NCC[C@@H]1CCCCO1. The monoisotopic (exact) mass is 330 g/mol. The number of ether oxygens (including phenoxy) is 1. The van der Waals surface area contributed by atoms with E-state index in [9.17, 15) is 9.00 Å². The van der Waals surface area contributed by atoms with Crippen LogP contribution in [-0.4, -0.2) is 46.5 Å². The van der Waals surface area contributed by atoms with Crippen LogP contribution in [0.2, 0.25) is 0 Å². The number of carbonyl (C=O) groups excluding carboxylic acids is 1. The lowest BCUT2D eigenvalue weighted by Crippen LogP contribution is -2.50. The molecule has 0 radical (unpaired) electrons. The first-order valence-electron chi connectivity index (χ1n) is 8.74. The molecule has 1 saturated carbocycles. The van der Waals surface area contributed by atoms with E-state index in [0.29, 0.717) is 18.4 Å². The van der Waals surface area contributed by atoms with Crippen molar-refractivity contribution in [2.24, 2.45) is 0 Å². The smallest absolute Gasteiger partial charge is 0.315 e. The number of amides is 2. The van der Waals surface area contributed by atoms with Crippen molar-refractivity contribution in [1.29, 1.82) is 0 Å². The van der Waals surface area contributed by atoms with Crippen LogP contribution in [-0.2, 0) is 15.5 Å². The average Bonchev–Trinajstić information content (AvgIpc) is 2.55. The summed E-state index contributed by atoms with van der Waals surface area (Å²) in [4.78, 5) is 12.0. The van der Waals surface area contributed by atoms with Crippen molar-refractivity contribution in [2.75, 3.05) is 18.9 Å². The van der Waals surface area contributed by atoms with E-state index in [1.54, 1.807) is 0 Å². The molecule has 2 aliphatic rings. The van der Waals surface area contributed by atoms with Crippen LogP contribution in [0.4, 0.5) is 4.79 Å². The van der Waals surface area contributed by atoms with E-state index in [-0.39, 0.29) is 17.3 Å². The zero-order chi connectivity index (χ0) is 15.8. The zero-order valence-electron chi connectivity index (χ0n) is 13.6. The van der Waals surface area contributed by atoms with Crippen molar-refractivity contribution in [3.63, 3.8) is 0 Å². The number of urea groups is 1. The van der Waals surface area contributed by atoms with Crippen LogP contribution in [0.15, 0.2) is 0 Å². The fraction of sp³-hybridized carbons (Fsp3) is 0.938. The van der Waals surface area contributed by atoms with Gasteiger partial charge in [0.15, 0.2) is 0 Å². The van der Waals surface area contributed by atoms with Crippen LogP contribution in [0.25, 0.3) is 0 Å². The Balaban J connectivity index is 1.69. The molecule has 0 aromatic carbocycles. The molecule has 1 aliphatic heterocycles. The molecule has 0 aromatic heterocycles. The Labute approximate surface area is 136 Å². The van der Waals surface area contributed by atoms with Crippen LogP contribution in [0.3, 0.4) is 0 Å². The van der Waals surface area contributed by atoms with Crippen molar-refractivity contribution >= 4 is 16.8 Å². The van der Waals surface area contributed by atoms with E-state index in [2.05, 4.69) is 10.6 Å². The van der Waals surface area contributed by atoms with Crippen LogP contribution in [0, 0.1) is 0 Å². The highest BCUT2D eigenvalue weighted by Crippen LogP contribution is 2.23. The van der Waals surface area contributed by atoms with Gasteiger partial charge in [-0.25, -0.2) is 4.79 Å². The van der Waals surface area contributed by atoms with Gasteiger partial charge in [-0.2, -0.15) is 0 Å². The molecule has 2 amide bonds. The summed E-state index contributed by atoms with van der Waals surface area (Å²) in [6.07, 6.45) is 8.78. The maximum absolute atomic E-state index is 12.1. The lowest BCUT2D eigenvalue weighted by molar-refractivity contribution is 0.0120. The molecule has 1 aliphatic carbocycles. The largest absolute Gasteiger partial charge is 0.378 e. The van der Waals surface area contributed by atoms with Crippen LogP contribution >= 0.6 is 0 Å². The van der Waals surface area contributed by atoms with Crippen molar-refractivity contribution in [2.45, 2.75) is 75.7 Å². The van der Waals surface area contributed by atoms with E-state index >= 15 is 0 Å². The van der Waals surface area contributed by atoms with Gasteiger partial charge in [-0.15, -0.1) is 0 Å². The summed E-state index contributed by atoms with van der Waals surface area (Å²) in [6, 6.07) is -0.0683. The van der Waals surface area contributed by atoms with Crippen molar-refractivity contribution < 1.29 is 13.7 Å². The molecule has 22 heavy (non-hydrogen) atoms. The molecule has 0 aromatic rings. The predicted octanol–water partition coefficient (Wildman–Crippen LogP) is 2.32. The Kier molecular flexibility index (Phi) is 7.66. The zero-order valence-corrected chi connectivity index (χ0v) is 14.5. The Morgan fingerprint density at radius 3 is 2.68 bits per heavy atom. The maximum atomic E-state index is 12.1. The Morgan fingerprint density at radius 2 is 1.95 bits per heavy atom. The third kappa shape index (κ3) is 5.54. The second-order valence-corrected chi connectivity index (χ2v) is 8.22. The van der Waals surface area contributed by atoms with Gasteiger partial charge in [0.1, 0.15) is 0 Å². The summed E-state index contributed by atoms with van der Waals surface area (Å²) in [7, 11) is -0.832. The molecule has 2 fully saturated rings. The number of rotatable bonds is 6. The van der Waals surface area contributed by atoms with Gasteiger partial charge in [0.2, 0.25) is 0 Å². The van der Waals surface area contributed by atoms with Crippen LogP contribution in [0.1, 0.15) is 58.3 Å². The van der Waals surface area contributed by atoms with Gasteiger partial charge in [-0.3, -0.25) is 4.21 Å². The summed E-state index contributed by atoms with van der Waals surface area (Å²) in [5.41, 5.74) is 0. The Bertz CT molecular complexity index is 372. The third-order valence-electron chi connectivity index (χ3n) is 4.67. The van der Waals surface area contributed by atoms with E-state index in [0.717, 1.165) is 51.6 Å². The molecule has 0 bridgehead atoms. The van der Waals surface area contributed by atoms with Gasteiger partial charge in [0.05, 0.1) is 11.4 Å². The summed E-state index contributed by atoms with van der Waals surface area (Å²) >= 11 is 0. The van der Waals surface area contributed by atoms with Crippen LogP contribution < -0.4 is 10.6 Å². The predicted molar refractivity (Wildman–Crippen MR) is 89.5 cm³/mol. The molecule has 1 heterocycles. The molecule has 128 valence electrons. The molecule has 1 saturated heterocycles. The summed E-state index contributed by atoms with van der Waals surface area (Å²) in [6.45, 7) is 3.44. The van der Waals surface area contributed by atoms with E-state index in [1.807, 2.05) is 6.92 Å². The van der Waals surface area contributed by atoms with Crippen molar-refractivity contribution in [3.8, 4) is 0 Å². The van der Waals surface area contributed by atoms with E-state index in [4.69, 9.17) is 4.74 Å². The van der Waals surface area contributed by atoms with Gasteiger partial charge in [-0.05, 0) is 38.5 Å². The summed E-state index contributed by atoms with van der Waals surface area (Å²) < 4.78 is 17.8. The number of hydrogen-bond donors (Lipinski definition) is 2. The lowest BCUT2D eigenvalue weighted by Gasteiger charge is -2.31. The maximum Gasteiger partial charge on any atom is 0.315 e. The minimum atomic E-state index is -0.832. The molecule has 2 N–H and O–H groups in total. The fourth-order valence-corrected chi connectivity index (χ4v) is 4.82. The second kappa shape index (κ2) is 9.50. The quantitative estimate of drug-likeness (QED) is 0.785. The number of carbonyl (C=O) groups is 1. The molecule has 6 heteroatoms.